The molecule has 0 aromatic heterocycles. The number of hydrazone groups is 1. The van der Waals surface area contributed by atoms with E-state index in [0.717, 1.165) is 24.3 Å². The molecule has 1 saturated carbocycles. The Morgan fingerprint density at radius 2 is 2.25 bits per heavy atom. The van der Waals surface area contributed by atoms with E-state index in [9.17, 15) is 0 Å². The molecule has 0 spiro atoms. The van der Waals surface area contributed by atoms with E-state index in [1.54, 1.807) is 7.11 Å². The summed E-state index contributed by atoms with van der Waals surface area (Å²) >= 11 is 5.25. The van der Waals surface area contributed by atoms with Gasteiger partial charge in [0.2, 0.25) is 0 Å². The van der Waals surface area contributed by atoms with Gasteiger partial charge in [0, 0.05) is 11.6 Å². The Morgan fingerprint density at radius 1 is 1.40 bits per heavy atom. The summed E-state index contributed by atoms with van der Waals surface area (Å²) in [6, 6.07) is 7.65. The Morgan fingerprint density at radius 3 is 3.05 bits per heavy atom. The standard InChI is InChI=1S/C15H17N3OS/c1-19-14-8-3-2-7-12(14)16-15(20)18-17-13-9-10-5-4-6-11(10)13/h2-5,7-8,10-11H,6,9H2,1H3,(H2,16,18,20)/b17-13+/t10-,11+/m1/s1. The Labute approximate surface area is 123 Å². The largest absolute Gasteiger partial charge is 0.495 e. The van der Waals surface area contributed by atoms with Crippen LogP contribution < -0.4 is 15.5 Å². The zero-order valence-corrected chi connectivity index (χ0v) is 12.1. The second-order valence-electron chi connectivity index (χ2n) is 5.01. The minimum atomic E-state index is 0.483. The molecule has 2 N–H and O–H groups in total. The van der Waals surface area contributed by atoms with Gasteiger partial charge < -0.3 is 10.1 Å². The maximum Gasteiger partial charge on any atom is 0.191 e. The van der Waals surface area contributed by atoms with Gasteiger partial charge in [-0.15, -0.1) is 0 Å². The predicted octanol–water partition coefficient (Wildman–Crippen LogP) is 2.93. The fourth-order valence-electron chi connectivity index (χ4n) is 2.68. The molecule has 1 aromatic carbocycles. The van der Waals surface area contributed by atoms with Crippen molar-refractivity contribution in [2.24, 2.45) is 16.9 Å². The molecule has 0 heterocycles. The molecule has 0 radical (unpaired) electrons. The van der Waals surface area contributed by atoms with Crippen molar-refractivity contribution < 1.29 is 4.74 Å². The third kappa shape index (κ3) is 2.54. The highest BCUT2D eigenvalue weighted by Crippen LogP contribution is 2.40. The molecule has 0 unspecified atom stereocenters. The lowest BCUT2D eigenvalue weighted by Crippen LogP contribution is -2.36. The van der Waals surface area contributed by atoms with Crippen LogP contribution in [0.1, 0.15) is 12.8 Å². The molecule has 0 bridgehead atoms. The minimum absolute atomic E-state index is 0.483. The van der Waals surface area contributed by atoms with E-state index in [0.29, 0.717) is 16.9 Å². The quantitative estimate of drug-likeness (QED) is 0.510. The number of thiocarbonyl (C=S) groups is 1. The number of ether oxygens (including phenoxy) is 1. The summed E-state index contributed by atoms with van der Waals surface area (Å²) in [5.74, 6) is 2.05. The van der Waals surface area contributed by atoms with Crippen molar-refractivity contribution >= 4 is 28.7 Å². The summed E-state index contributed by atoms with van der Waals surface area (Å²) in [5, 5.41) is 7.99. The first-order chi connectivity index (χ1) is 9.78. The second kappa shape index (κ2) is 5.63. The first-order valence-electron chi connectivity index (χ1n) is 6.71. The molecule has 2 aliphatic carbocycles. The van der Waals surface area contributed by atoms with Crippen molar-refractivity contribution in [3.05, 3.63) is 36.4 Å². The van der Waals surface area contributed by atoms with Gasteiger partial charge in [0.15, 0.2) is 5.11 Å². The summed E-state index contributed by atoms with van der Waals surface area (Å²) in [6.07, 6.45) is 6.68. The van der Waals surface area contributed by atoms with Crippen molar-refractivity contribution in [3.63, 3.8) is 0 Å². The molecule has 4 nitrogen and oxygen atoms in total. The summed E-state index contributed by atoms with van der Waals surface area (Å²) in [7, 11) is 1.64. The normalized spacial score (nSPS) is 24.9. The van der Waals surface area contributed by atoms with Crippen molar-refractivity contribution in [1.82, 2.24) is 5.43 Å². The van der Waals surface area contributed by atoms with E-state index in [2.05, 4.69) is 28.0 Å². The average molecular weight is 287 g/mol. The van der Waals surface area contributed by atoms with E-state index in [1.807, 2.05) is 24.3 Å². The molecule has 0 saturated heterocycles. The second-order valence-corrected chi connectivity index (χ2v) is 5.42. The summed E-state index contributed by atoms with van der Waals surface area (Å²) in [5.41, 5.74) is 4.97. The first kappa shape index (κ1) is 13.1. The average Bonchev–Trinajstić information content (AvgIpc) is 2.81. The maximum absolute atomic E-state index is 5.27. The third-order valence-electron chi connectivity index (χ3n) is 3.82. The molecule has 104 valence electrons. The topological polar surface area (TPSA) is 45.6 Å². The molecule has 0 aliphatic heterocycles. The lowest BCUT2D eigenvalue weighted by atomic mass is 9.74. The molecule has 2 aliphatic rings. The first-order valence-corrected chi connectivity index (χ1v) is 7.12. The van der Waals surface area contributed by atoms with Crippen LogP contribution in [0.15, 0.2) is 41.5 Å². The predicted molar refractivity (Wildman–Crippen MR) is 85.1 cm³/mol. The monoisotopic (exact) mass is 287 g/mol. The van der Waals surface area contributed by atoms with E-state index in [4.69, 9.17) is 17.0 Å². The number of nitrogens with zero attached hydrogens (tertiary/aromatic N) is 1. The van der Waals surface area contributed by atoms with Crippen LogP contribution in [0.5, 0.6) is 5.75 Å². The molecular formula is C15H17N3OS. The van der Waals surface area contributed by atoms with E-state index < -0.39 is 0 Å². The number of allylic oxidation sites excluding steroid dienone is 2. The van der Waals surface area contributed by atoms with Crippen molar-refractivity contribution in [2.45, 2.75) is 12.8 Å². The lowest BCUT2D eigenvalue weighted by molar-refractivity contribution is 0.417. The number of hydrogen-bond acceptors (Lipinski definition) is 3. The smallest absolute Gasteiger partial charge is 0.191 e. The Hall–Kier alpha value is -1.88. The number of anilines is 1. The molecule has 20 heavy (non-hydrogen) atoms. The van der Waals surface area contributed by atoms with Gasteiger partial charge in [0.25, 0.3) is 0 Å². The molecule has 0 amide bonds. The number of hydrogen-bond donors (Lipinski definition) is 2. The SMILES string of the molecule is COc1ccccc1NC(=S)N/N=C1\C[C@H]2C=CC[C@H]12. The molecule has 5 heteroatoms. The highest BCUT2D eigenvalue weighted by molar-refractivity contribution is 7.80. The molecule has 3 rings (SSSR count). The van der Waals surface area contributed by atoms with Crippen molar-refractivity contribution in [1.29, 1.82) is 0 Å². The van der Waals surface area contributed by atoms with Crippen LogP contribution in [-0.2, 0) is 0 Å². The zero-order chi connectivity index (χ0) is 13.9. The van der Waals surface area contributed by atoms with Crippen LogP contribution in [0.2, 0.25) is 0 Å². The highest BCUT2D eigenvalue weighted by atomic mass is 32.1. The maximum atomic E-state index is 5.27. The molecule has 1 aromatic rings. The third-order valence-corrected chi connectivity index (χ3v) is 4.01. The fraction of sp³-hybridized carbons (Fsp3) is 0.333. The van der Waals surface area contributed by atoms with Gasteiger partial charge in [-0.1, -0.05) is 24.3 Å². The number of rotatable bonds is 3. The van der Waals surface area contributed by atoms with E-state index in [-0.39, 0.29) is 0 Å². The van der Waals surface area contributed by atoms with Gasteiger partial charge in [-0.25, -0.2) is 0 Å². The summed E-state index contributed by atoms with van der Waals surface area (Å²) in [4.78, 5) is 0. The zero-order valence-electron chi connectivity index (χ0n) is 11.3. The van der Waals surface area contributed by atoms with Gasteiger partial charge in [0.1, 0.15) is 5.75 Å². The van der Waals surface area contributed by atoms with Crippen LogP contribution in [0.4, 0.5) is 5.69 Å². The Balaban J connectivity index is 1.56. The lowest BCUT2D eigenvalue weighted by Gasteiger charge is -2.31. The van der Waals surface area contributed by atoms with Gasteiger partial charge >= 0.3 is 0 Å². The Kier molecular flexibility index (Phi) is 3.69. The van der Waals surface area contributed by atoms with Gasteiger partial charge in [-0.3, -0.25) is 5.43 Å². The minimum Gasteiger partial charge on any atom is -0.495 e. The summed E-state index contributed by atoms with van der Waals surface area (Å²) in [6.45, 7) is 0. The van der Waals surface area contributed by atoms with Gasteiger partial charge in [-0.2, -0.15) is 5.10 Å². The van der Waals surface area contributed by atoms with Crippen LogP contribution in [0.25, 0.3) is 0 Å². The van der Waals surface area contributed by atoms with Crippen LogP contribution in [0, 0.1) is 11.8 Å². The fourth-order valence-corrected chi connectivity index (χ4v) is 2.84. The van der Waals surface area contributed by atoms with E-state index in [1.165, 1.54) is 5.71 Å². The van der Waals surface area contributed by atoms with Gasteiger partial charge in [-0.05, 0) is 43.1 Å². The summed E-state index contributed by atoms with van der Waals surface area (Å²) < 4.78 is 5.27. The van der Waals surface area contributed by atoms with Crippen LogP contribution >= 0.6 is 12.2 Å². The van der Waals surface area contributed by atoms with Crippen molar-refractivity contribution in [2.75, 3.05) is 12.4 Å². The number of benzene rings is 1. The number of fused-ring (bicyclic) bond motifs is 1. The number of para-hydroxylation sites is 2. The highest BCUT2D eigenvalue weighted by Gasteiger charge is 2.37. The van der Waals surface area contributed by atoms with Crippen LogP contribution in [-0.4, -0.2) is 17.9 Å². The Bertz CT molecular complexity index is 582. The molecule has 2 atom stereocenters. The molecule has 1 fully saturated rings. The van der Waals surface area contributed by atoms with Crippen LogP contribution in [0.3, 0.4) is 0 Å². The van der Waals surface area contributed by atoms with E-state index >= 15 is 0 Å². The molecular weight excluding hydrogens is 270 g/mol. The van der Waals surface area contributed by atoms with Crippen molar-refractivity contribution in [3.8, 4) is 5.75 Å². The van der Waals surface area contributed by atoms with Gasteiger partial charge in [0.05, 0.1) is 12.8 Å². The number of nitrogens with one attached hydrogen (secondary N) is 2. The number of methoxy groups -OCH3 is 1.